The van der Waals surface area contributed by atoms with Gasteiger partial charge in [-0.15, -0.1) is 0 Å². The minimum atomic E-state index is -0.443. The van der Waals surface area contributed by atoms with E-state index in [4.69, 9.17) is 9.47 Å². The molecule has 218 valence electrons. The molecule has 0 aliphatic heterocycles. The quantitative estimate of drug-likeness (QED) is 0.143. The fraction of sp³-hybridized carbons (Fsp3) is 0.914. The van der Waals surface area contributed by atoms with Gasteiger partial charge in [0.1, 0.15) is 6.10 Å². The van der Waals surface area contributed by atoms with Crippen molar-refractivity contribution in [3.8, 4) is 0 Å². The van der Waals surface area contributed by atoms with Crippen LogP contribution in [0.1, 0.15) is 144 Å². The second kappa shape index (κ2) is 13.1. The van der Waals surface area contributed by atoms with E-state index in [0.29, 0.717) is 23.4 Å². The van der Waals surface area contributed by atoms with E-state index in [9.17, 15) is 4.79 Å². The Bertz CT molecular complexity index is 801. The van der Waals surface area contributed by atoms with Crippen LogP contribution in [-0.4, -0.2) is 18.9 Å². The standard InChI is InChI=1S/C35H60O3/c1-7-9-13-26(8-2)24-37-33(36)38-29-19-21-35(6)28(23-29)15-17-30-31-18-16-27(14-11-10-12-25(3)4)34(31,5)22-20-32(30)35/h15,25-27,29-32H,7-14,16-24H2,1-6H3/t26-,27-,29+,30-,31-,32-,34+,35-/m0/s1. The van der Waals surface area contributed by atoms with Crippen LogP contribution in [0.2, 0.25) is 0 Å². The first-order chi connectivity index (χ1) is 18.2. The molecule has 38 heavy (non-hydrogen) atoms. The zero-order chi connectivity index (χ0) is 27.3. The molecule has 4 aliphatic rings. The Morgan fingerprint density at radius 3 is 2.55 bits per heavy atom. The second-order valence-electron chi connectivity index (χ2n) is 14.7. The molecule has 0 N–H and O–H groups in total. The molecule has 0 saturated heterocycles. The summed E-state index contributed by atoms with van der Waals surface area (Å²) in [6.45, 7) is 14.9. The minimum absolute atomic E-state index is 0.00958. The molecule has 8 atom stereocenters. The zero-order valence-corrected chi connectivity index (χ0v) is 25.9. The molecule has 0 aromatic carbocycles. The molecule has 0 aromatic heterocycles. The summed E-state index contributed by atoms with van der Waals surface area (Å²) in [6, 6.07) is 0. The van der Waals surface area contributed by atoms with Gasteiger partial charge in [-0.3, -0.25) is 0 Å². The van der Waals surface area contributed by atoms with Crippen LogP contribution in [0, 0.1) is 46.3 Å². The predicted octanol–water partition coefficient (Wildman–Crippen LogP) is 10.5. The number of carbonyl (C=O) groups is 1. The summed E-state index contributed by atoms with van der Waals surface area (Å²) in [7, 11) is 0. The Labute approximate surface area is 235 Å². The van der Waals surface area contributed by atoms with Crippen LogP contribution in [0.3, 0.4) is 0 Å². The largest absolute Gasteiger partial charge is 0.508 e. The Balaban J connectivity index is 1.31. The highest BCUT2D eigenvalue weighted by Crippen LogP contribution is 2.66. The van der Waals surface area contributed by atoms with Gasteiger partial charge in [-0.1, -0.05) is 91.7 Å². The van der Waals surface area contributed by atoms with E-state index in [1.54, 1.807) is 5.57 Å². The summed E-state index contributed by atoms with van der Waals surface area (Å²) in [5.74, 6) is 4.84. The second-order valence-corrected chi connectivity index (χ2v) is 14.7. The highest BCUT2D eigenvalue weighted by atomic mass is 16.7. The number of hydrogen-bond donors (Lipinski definition) is 0. The lowest BCUT2D eigenvalue weighted by Gasteiger charge is -2.58. The van der Waals surface area contributed by atoms with Gasteiger partial charge in [0.2, 0.25) is 0 Å². The van der Waals surface area contributed by atoms with Crippen LogP contribution in [0.15, 0.2) is 11.6 Å². The van der Waals surface area contributed by atoms with Crippen LogP contribution in [0.25, 0.3) is 0 Å². The number of hydrogen-bond acceptors (Lipinski definition) is 3. The van der Waals surface area contributed by atoms with Crippen molar-refractivity contribution in [3.63, 3.8) is 0 Å². The van der Waals surface area contributed by atoms with Gasteiger partial charge < -0.3 is 9.47 Å². The van der Waals surface area contributed by atoms with E-state index in [1.165, 1.54) is 70.6 Å². The van der Waals surface area contributed by atoms with Gasteiger partial charge in [0.05, 0.1) is 6.61 Å². The van der Waals surface area contributed by atoms with Gasteiger partial charge in [0.25, 0.3) is 0 Å². The highest BCUT2D eigenvalue weighted by molar-refractivity contribution is 5.60. The molecule has 3 saturated carbocycles. The van der Waals surface area contributed by atoms with Crippen molar-refractivity contribution in [2.75, 3.05) is 6.61 Å². The predicted molar refractivity (Wildman–Crippen MR) is 158 cm³/mol. The van der Waals surface area contributed by atoms with Crippen LogP contribution in [-0.2, 0) is 9.47 Å². The lowest BCUT2D eigenvalue weighted by Crippen LogP contribution is -2.50. The first-order valence-corrected chi connectivity index (χ1v) is 16.7. The lowest BCUT2D eigenvalue weighted by molar-refractivity contribution is -0.0570. The van der Waals surface area contributed by atoms with Crippen LogP contribution in [0.5, 0.6) is 0 Å². The Kier molecular flexibility index (Phi) is 10.3. The molecule has 0 aromatic rings. The normalized spacial score (nSPS) is 37.1. The molecule has 3 heteroatoms. The molecule has 0 amide bonds. The summed E-state index contributed by atoms with van der Waals surface area (Å²) in [5, 5.41) is 0. The smallest absolute Gasteiger partial charge is 0.434 e. The van der Waals surface area contributed by atoms with E-state index in [-0.39, 0.29) is 6.10 Å². The van der Waals surface area contributed by atoms with Gasteiger partial charge in [0.15, 0.2) is 0 Å². The number of unbranched alkanes of at least 4 members (excludes halogenated alkanes) is 2. The molecule has 3 nitrogen and oxygen atoms in total. The maximum absolute atomic E-state index is 12.5. The fourth-order valence-corrected chi connectivity index (χ4v) is 9.51. The van der Waals surface area contributed by atoms with Crippen molar-refractivity contribution in [3.05, 3.63) is 11.6 Å². The van der Waals surface area contributed by atoms with Gasteiger partial charge in [-0.2, -0.15) is 0 Å². The Morgan fingerprint density at radius 2 is 1.82 bits per heavy atom. The molecule has 0 heterocycles. The molecular weight excluding hydrogens is 468 g/mol. The maximum atomic E-state index is 12.5. The first-order valence-electron chi connectivity index (χ1n) is 16.7. The molecule has 3 fully saturated rings. The molecular formula is C35H60O3. The maximum Gasteiger partial charge on any atom is 0.508 e. The summed E-state index contributed by atoms with van der Waals surface area (Å²) in [6.07, 6.45) is 22.5. The number of rotatable bonds is 12. The fourth-order valence-electron chi connectivity index (χ4n) is 9.51. The van der Waals surface area contributed by atoms with Gasteiger partial charge >= 0.3 is 6.16 Å². The van der Waals surface area contributed by atoms with E-state index in [2.05, 4.69) is 47.6 Å². The molecule has 4 aliphatic carbocycles. The van der Waals surface area contributed by atoms with Crippen molar-refractivity contribution in [1.29, 1.82) is 0 Å². The summed E-state index contributed by atoms with van der Waals surface area (Å²) in [4.78, 5) is 12.5. The third-order valence-electron chi connectivity index (χ3n) is 12.1. The monoisotopic (exact) mass is 528 g/mol. The van der Waals surface area contributed by atoms with E-state index in [0.717, 1.165) is 61.7 Å². The summed E-state index contributed by atoms with van der Waals surface area (Å²) >= 11 is 0. The van der Waals surface area contributed by atoms with Crippen LogP contribution in [0.4, 0.5) is 4.79 Å². The van der Waals surface area contributed by atoms with Gasteiger partial charge in [-0.05, 0) is 104 Å². The molecule has 0 bridgehead atoms. The van der Waals surface area contributed by atoms with E-state index in [1.807, 2.05) is 0 Å². The Morgan fingerprint density at radius 1 is 1.00 bits per heavy atom. The summed E-state index contributed by atoms with van der Waals surface area (Å²) < 4.78 is 11.5. The number of ether oxygens (including phenoxy) is 2. The van der Waals surface area contributed by atoms with E-state index < -0.39 is 6.16 Å². The van der Waals surface area contributed by atoms with Gasteiger partial charge in [0, 0.05) is 6.42 Å². The number of carbonyl (C=O) groups excluding carboxylic acids is 1. The molecule has 0 unspecified atom stereocenters. The number of allylic oxidation sites excluding steroid dienone is 1. The lowest BCUT2D eigenvalue weighted by atomic mass is 9.47. The van der Waals surface area contributed by atoms with Crippen molar-refractivity contribution in [1.82, 2.24) is 0 Å². The van der Waals surface area contributed by atoms with Crippen LogP contribution >= 0.6 is 0 Å². The van der Waals surface area contributed by atoms with Crippen molar-refractivity contribution in [2.24, 2.45) is 46.3 Å². The minimum Gasteiger partial charge on any atom is -0.434 e. The Hall–Kier alpha value is -0.990. The topological polar surface area (TPSA) is 35.5 Å². The molecule has 0 spiro atoms. The van der Waals surface area contributed by atoms with Crippen molar-refractivity contribution >= 4 is 6.16 Å². The third-order valence-corrected chi connectivity index (χ3v) is 12.1. The third kappa shape index (κ3) is 6.49. The highest BCUT2D eigenvalue weighted by Gasteiger charge is 2.58. The zero-order valence-electron chi connectivity index (χ0n) is 25.9. The molecule has 0 radical (unpaired) electrons. The van der Waals surface area contributed by atoms with Crippen molar-refractivity contribution < 1.29 is 14.3 Å². The number of fused-ring (bicyclic) bond motifs is 5. The SMILES string of the molecule is CCCC[C@H](CC)COC(=O)O[C@@H]1CC[C@@]2(C)C(=CC[C@H]3[C@@H]4CC[C@H](CCCCC(C)C)[C@@]4(C)CC[C@@H]32)C1. The van der Waals surface area contributed by atoms with E-state index >= 15 is 0 Å². The van der Waals surface area contributed by atoms with Crippen LogP contribution < -0.4 is 0 Å². The molecule has 4 rings (SSSR count). The average molecular weight is 529 g/mol. The first kappa shape index (κ1) is 30.0. The summed E-state index contributed by atoms with van der Waals surface area (Å²) in [5.41, 5.74) is 2.46. The van der Waals surface area contributed by atoms with Crippen molar-refractivity contribution in [2.45, 2.75) is 150 Å². The average Bonchev–Trinajstić information content (AvgIpc) is 3.23. The van der Waals surface area contributed by atoms with Gasteiger partial charge in [-0.25, -0.2) is 4.79 Å².